The van der Waals surface area contributed by atoms with Crippen molar-refractivity contribution in [2.75, 3.05) is 45.1 Å². The molecule has 2 aromatic carbocycles. The van der Waals surface area contributed by atoms with Crippen molar-refractivity contribution >= 4 is 22.9 Å². The zero-order valence-electron chi connectivity index (χ0n) is 24.6. The minimum absolute atomic E-state index is 0.0750. The van der Waals surface area contributed by atoms with Gasteiger partial charge in [0.25, 0.3) is 0 Å². The van der Waals surface area contributed by atoms with Gasteiger partial charge in [-0.1, -0.05) is 42.5 Å². The number of nitrogen functional groups attached to an aromatic ring is 1. The Bertz CT molecular complexity index is 1500. The quantitative estimate of drug-likeness (QED) is 0.230. The first-order valence-corrected chi connectivity index (χ1v) is 15.4. The second-order valence-corrected chi connectivity index (χ2v) is 11.4. The number of carbonyl (C=O) groups is 1. The number of benzene rings is 2. The topological polar surface area (TPSA) is 120 Å². The molecule has 0 atom stereocenters. The average Bonchev–Trinajstić information content (AvgIpc) is 3.45. The van der Waals surface area contributed by atoms with Crippen molar-refractivity contribution in [3.8, 4) is 16.9 Å². The Labute approximate surface area is 252 Å². The molecule has 226 valence electrons. The maximum atomic E-state index is 12.5. The highest BCUT2D eigenvalue weighted by Crippen LogP contribution is 2.38. The number of carbonyl (C=O) groups excluding carboxylic acids is 1. The molecule has 3 heterocycles. The number of urea groups is 1. The van der Waals surface area contributed by atoms with Gasteiger partial charge in [-0.2, -0.15) is 0 Å². The molecule has 2 aromatic heterocycles. The Kier molecular flexibility index (Phi) is 9.34. The van der Waals surface area contributed by atoms with E-state index in [0.29, 0.717) is 19.0 Å². The van der Waals surface area contributed by atoms with E-state index in [4.69, 9.17) is 15.2 Å². The van der Waals surface area contributed by atoms with Gasteiger partial charge < -0.3 is 30.4 Å². The van der Waals surface area contributed by atoms with Gasteiger partial charge in [-0.15, -0.1) is 0 Å². The van der Waals surface area contributed by atoms with E-state index < -0.39 is 0 Å². The third-order valence-corrected chi connectivity index (χ3v) is 8.50. The van der Waals surface area contributed by atoms with Crippen molar-refractivity contribution in [3.05, 3.63) is 72.7 Å². The number of nitrogens with zero attached hydrogens (tertiary/aromatic N) is 4. The van der Waals surface area contributed by atoms with E-state index in [2.05, 4.69) is 60.5 Å². The minimum Gasteiger partial charge on any atom is -0.489 e. The van der Waals surface area contributed by atoms with Gasteiger partial charge in [-0.3, -0.25) is 4.90 Å². The molecule has 2 aliphatic rings. The summed E-state index contributed by atoms with van der Waals surface area (Å²) in [6, 6.07) is 18.6. The van der Waals surface area contributed by atoms with Crippen LogP contribution in [0.1, 0.15) is 43.7 Å². The molecule has 1 saturated carbocycles. The molecule has 0 spiro atoms. The van der Waals surface area contributed by atoms with Crippen molar-refractivity contribution < 1.29 is 14.3 Å². The van der Waals surface area contributed by atoms with Crippen LogP contribution >= 0.6 is 0 Å². The minimum atomic E-state index is -0.0750. The summed E-state index contributed by atoms with van der Waals surface area (Å²) in [5.41, 5.74) is 10.4. The summed E-state index contributed by atoms with van der Waals surface area (Å²) in [5, 5.41) is 7.08. The molecule has 0 bridgehead atoms. The molecule has 43 heavy (non-hydrogen) atoms. The molecule has 1 aliphatic carbocycles. The van der Waals surface area contributed by atoms with Gasteiger partial charge in [0.1, 0.15) is 30.1 Å². The number of nitrogens with one attached hydrogen (secondary N) is 2. The van der Waals surface area contributed by atoms with Crippen molar-refractivity contribution in [2.45, 2.75) is 50.8 Å². The molecular weight excluding hydrogens is 542 g/mol. The molecule has 1 saturated heterocycles. The van der Waals surface area contributed by atoms with Gasteiger partial charge >= 0.3 is 6.03 Å². The van der Waals surface area contributed by atoms with Crippen LogP contribution in [0.5, 0.6) is 5.75 Å². The van der Waals surface area contributed by atoms with E-state index in [1.165, 1.54) is 6.33 Å². The third kappa shape index (κ3) is 7.26. The van der Waals surface area contributed by atoms with E-state index in [1.54, 1.807) is 0 Å². The summed E-state index contributed by atoms with van der Waals surface area (Å²) < 4.78 is 13.8. The lowest BCUT2D eigenvalue weighted by molar-refractivity contribution is 0.0375. The molecular formula is C33H41N7O3. The first-order valence-electron chi connectivity index (χ1n) is 15.4. The number of amides is 2. The highest BCUT2D eigenvalue weighted by molar-refractivity contribution is 6.00. The smallest absolute Gasteiger partial charge is 0.315 e. The molecule has 6 rings (SSSR count). The van der Waals surface area contributed by atoms with E-state index in [1.807, 2.05) is 30.3 Å². The van der Waals surface area contributed by atoms with Crippen LogP contribution in [0, 0.1) is 0 Å². The highest BCUT2D eigenvalue weighted by atomic mass is 16.5. The number of morpholine rings is 1. The van der Waals surface area contributed by atoms with Crippen molar-refractivity contribution in [2.24, 2.45) is 0 Å². The van der Waals surface area contributed by atoms with Crippen LogP contribution in [0.2, 0.25) is 0 Å². The van der Waals surface area contributed by atoms with E-state index >= 15 is 0 Å². The SMILES string of the molecule is Nc1ncnc2c1c(-c1cccc(OCc3ccccc3)c1)cn2[C@H]1CC[C@@H](NC(=O)NCCCN2CCOCC2)CC1. The Morgan fingerprint density at radius 3 is 2.65 bits per heavy atom. The van der Waals surface area contributed by atoms with E-state index in [-0.39, 0.29) is 18.1 Å². The zero-order valence-corrected chi connectivity index (χ0v) is 24.6. The Morgan fingerprint density at radius 1 is 1.02 bits per heavy atom. The third-order valence-electron chi connectivity index (χ3n) is 8.50. The number of ether oxygens (including phenoxy) is 2. The lowest BCUT2D eigenvalue weighted by Gasteiger charge is -2.30. The normalized spacial score (nSPS) is 19.3. The monoisotopic (exact) mass is 583 g/mol. The summed E-state index contributed by atoms with van der Waals surface area (Å²) in [5.74, 6) is 1.26. The lowest BCUT2D eigenvalue weighted by atomic mass is 9.91. The number of aromatic nitrogens is 3. The fraction of sp³-hybridized carbons (Fsp3) is 0.424. The van der Waals surface area contributed by atoms with E-state index in [9.17, 15) is 4.79 Å². The second kappa shape index (κ2) is 13.9. The van der Waals surface area contributed by atoms with Gasteiger partial charge in [-0.25, -0.2) is 14.8 Å². The average molecular weight is 584 g/mol. The van der Waals surface area contributed by atoms with Crippen LogP contribution in [-0.2, 0) is 11.3 Å². The highest BCUT2D eigenvalue weighted by Gasteiger charge is 2.26. The summed E-state index contributed by atoms with van der Waals surface area (Å²) >= 11 is 0. The second-order valence-electron chi connectivity index (χ2n) is 11.4. The predicted octanol–water partition coefficient (Wildman–Crippen LogP) is 4.76. The summed E-state index contributed by atoms with van der Waals surface area (Å²) in [6.45, 7) is 5.71. The van der Waals surface area contributed by atoms with Crippen LogP contribution in [0.4, 0.5) is 10.6 Å². The molecule has 10 nitrogen and oxygen atoms in total. The van der Waals surface area contributed by atoms with Crippen LogP contribution < -0.4 is 21.1 Å². The van der Waals surface area contributed by atoms with Crippen molar-refractivity contribution in [3.63, 3.8) is 0 Å². The first-order chi connectivity index (χ1) is 21.1. The van der Waals surface area contributed by atoms with Gasteiger partial charge in [-0.05, 0) is 61.9 Å². The van der Waals surface area contributed by atoms with Crippen LogP contribution in [0.25, 0.3) is 22.2 Å². The molecule has 1 aliphatic heterocycles. The number of fused-ring (bicyclic) bond motifs is 1. The Balaban J connectivity index is 1.07. The number of anilines is 1. The predicted molar refractivity (Wildman–Crippen MR) is 168 cm³/mol. The van der Waals surface area contributed by atoms with E-state index in [0.717, 1.165) is 98.4 Å². The fourth-order valence-electron chi connectivity index (χ4n) is 6.16. The Hall–Kier alpha value is -4.15. The summed E-state index contributed by atoms with van der Waals surface area (Å²) in [4.78, 5) is 23.9. The standard InChI is InChI=1S/C33H41N7O3/c34-31-30-29(25-8-4-9-28(20-25)43-22-24-6-2-1-3-7-24)21-40(32(30)37-23-36-31)27-12-10-26(11-13-27)38-33(41)35-14-5-15-39-16-18-42-19-17-39/h1-4,6-9,20-21,23,26-27H,5,10-19,22H2,(H2,34,36,37)(H2,35,38,41)/t26-,27+. The van der Waals surface area contributed by atoms with Crippen molar-refractivity contribution in [1.29, 1.82) is 0 Å². The molecule has 2 fully saturated rings. The molecule has 0 radical (unpaired) electrons. The van der Waals surface area contributed by atoms with Crippen LogP contribution in [-0.4, -0.2) is 70.9 Å². The summed E-state index contributed by atoms with van der Waals surface area (Å²) in [7, 11) is 0. The van der Waals surface area contributed by atoms with Crippen LogP contribution in [0.3, 0.4) is 0 Å². The number of rotatable bonds is 10. The zero-order chi connectivity index (χ0) is 29.4. The summed E-state index contributed by atoms with van der Waals surface area (Å²) in [6.07, 6.45) is 8.33. The van der Waals surface area contributed by atoms with Gasteiger partial charge in [0.2, 0.25) is 0 Å². The lowest BCUT2D eigenvalue weighted by Crippen LogP contribution is -2.44. The Morgan fingerprint density at radius 2 is 1.84 bits per heavy atom. The van der Waals surface area contributed by atoms with Crippen LogP contribution in [0.15, 0.2) is 67.1 Å². The first kappa shape index (κ1) is 28.9. The van der Waals surface area contributed by atoms with Gasteiger partial charge in [0.05, 0.1) is 18.6 Å². The fourth-order valence-corrected chi connectivity index (χ4v) is 6.16. The van der Waals surface area contributed by atoms with Gasteiger partial charge in [0.15, 0.2) is 0 Å². The number of nitrogens with two attached hydrogens (primary N) is 1. The molecule has 0 unspecified atom stereocenters. The van der Waals surface area contributed by atoms with Crippen molar-refractivity contribution in [1.82, 2.24) is 30.1 Å². The maximum Gasteiger partial charge on any atom is 0.315 e. The molecule has 4 N–H and O–H groups in total. The molecule has 4 aromatic rings. The maximum absolute atomic E-state index is 12.5. The van der Waals surface area contributed by atoms with Gasteiger partial charge in [0, 0.05) is 43.5 Å². The number of hydrogen-bond donors (Lipinski definition) is 3. The molecule has 10 heteroatoms. The molecule has 2 amide bonds. The largest absolute Gasteiger partial charge is 0.489 e. The number of hydrogen-bond acceptors (Lipinski definition) is 7.